The average Bonchev–Trinajstić information content (AvgIpc) is 2.53. The Bertz CT molecular complexity index is 486. The number of unbranched alkanes of at least 4 members (excludes halogenated alkanes) is 1. The van der Waals surface area contributed by atoms with E-state index in [-0.39, 0.29) is 0 Å². The first-order valence-electron chi connectivity index (χ1n) is 7.52. The molecule has 0 heterocycles. The average molecular weight is 305 g/mol. The van der Waals surface area contributed by atoms with Crippen molar-refractivity contribution < 1.29 is 14.4 Å². The molecule has 0 unspecified atom stereocenters. The summed E-state index contributed by atoms with van der Waals surface area (Å²) in [4.78, 5) is 33.3. The molecule has 3 N–H and O–H groups in total. The summed E-state index contributed by atoms with van der Waals surface area (Å²) in [5.41, 5.74) is 1.81. The molecule has 0 aliphatic carbocycles. The van der Waals surface area contributed by atoms with E-state index in [0.29, 0.717) is 31.6 Å². The van der Waals surface area contributed by atoms with E-state index in [2.05, 4.69) is 22.9 Å². The van der Waals surface area contributed by atoms with Crippen molar-refractivity contribution in [2.45, 2.75) is 32.6 Å². The zero-order valence-electron chi connectivity index (χ0n) is 12.9. The minimum absolute atomic E-state index is 0.336. The Morgan fingerprint density at radius 1 is 1.05 bits per heavy atom. The second-order valence-electron chi connectivity index (χ2n) is 4.94. The molecular formula is C16H23N3O3. The predicted octanol–water partition coefficient (Wildman–Crippen LogP) is 1.22. The van der Waals surface area contributed by atoms with Gasteiger partial charge in [0.05, 0.1) is 0 Å². The summed E-state index contributed by atoms with van der Waals surface area (Å²) < 4.78 is 0. The predicted molar refractivity (Wildman–Crippen MR) is 85.4 cm³/mol. The van der Waals surface area contributed by atoms with Gasteiger partial charge in [-0.25, -0.2) is 0 Å². The van der Waals surface area contributed by atoms with Crippen molar-refractivity contribution in [1.82, 2.24) is 10.6 Å². The van der Waals surface area contributed by atoms with Crippen molar-refractivity contribution in [3.8, 4) is 0 Å². The van der Waals surface area contributed by atoms with Crippen LogP contribution in [0.5, 0.6) is 0 Å². The van der Waals surface area contributed by atoms with Gasteiger partial charge in [0.25, 0.3) is 0 Å². The van der Waals surface area contributed by atoms with Crippen LogP contribution in [0.25, 0.3) is 0 Å². The molecule has 6 nitrogen and oxygen atoms in total. The lowest BCUT2D eigenvalue weighted by atomic mass is 10.1. The summed E-state index contributed by atoms with van der Waals surface area (Å²) >= 11 is 0. The van der Waals surface area contributed by atoms with E-state index in [1.807, 2.05) is 12.1 Å². The molecule has 0 spiro atoms. The molecule has 1 aromatic rings. The molecule has 0 bridgehead atoms. The van der Waals surface area contributed by atoms with Crippen LogP contribution in [0, 0.1) is 0 Å². The normalized spacial score (nSPS) is 9.86. The molecule has 1 rings (SSSR count). The number of nitrogens with one attached hydrogen (secondary N) is 3. The van der Waals surface area contributed by atoms with Gasteiger partial charge in [-0.15, -0.1) is 0 Å². The SMILES string of the molecule is CCCCc1ccc(NC(=O)C(=O)NCCCNC=O)cc1. The van der Waals surface area contributed by atoms with Gasteiger partial charge < -0.3 is 16.0 Å². The standard InChI is InChI=1S/C16H23N3O3/c1-2-3-5-13-6-8-14(9-7-13)19-16(22)15(21)18-11-4-10-17-12-20/h6-9,12H,2-5,10-11H2,1H3,(H,17,20)(H,18,21)(H,19,22). The van der Waals surface area contributed by atoms with Crippen LogP contribution in [-0.2, 0) is 20.8 Å². The summed E-state index contributed by atoms with van der Waals surface area (Å²) in [7, 11) is 0. The summed E-state index contributed by atoms with van der Waals surface area (Å²) in [6.45, 7) is 2.94. The number of amides is 3. The number of aryl methyl sites for hydroxylation is 1. The van der Waals surface area contributed by atoms with Gasteiger partial charge in [0, 0.05) is 18.8 Å². The second kappa shape index (κ2) is 10.4. The Labute approximate surface area is 130 Å². The van der Waals surface area contributed by atoms with Gasteiger partial charge in [0.1, 0.15) is 0 Å². The van der Waals surface area contributed by atoms with E-state index < -0.39 is 11.8 Å². The van der Waals surface area contributed by atoms with E-state index >= 15 is 0 Å². The number of carbonyl (C=O) groups is 3. The number of hydrogen-bond donors (Lipinski definition) is 3. The first-order chi connectivity index (χ1) is 10.7. The van der Waals surface area contributed by atoms with Gasteiger partial charge >= 0.3 is 11.8 Å². The van der Waals surface area contributed by atoms with Crippen molar-refractivity contribution in [3.63, 3.8) is 0 Å². The van der Waals surface area contributed by atoms with Crippen LogP contribution in [0.2, 0.25) is 0 Å². The summed E-state index contributed by atoms with van der Waals surface area (Å²) in [5, 5.41) is 7.53. The van der Waals surface area contributed by atoms with Crippen LogP contribution in [0.3, 0.4) is 0 Å². The van der Waals surface area contributed by atoms with E-state index in [1.165, 1.54) is 5.56 Å². The first-order valence-corrected chi connectivity index (χ1v) is 7.52. The van der Waals surface area contributed by atoms with Gasteiger partial charge in [0.2, 0.25) is 6.41 Å². The Morgan fingerprint density at radius 2 is 1.77 bits per heavy atom. The van der Waals surface area contributed by atoms with Crippen LogP contribution in [-0.4, -0.2) is 31.3 Å². The molecule has 0 saturated carbocycles. The molecule has 1 aromatic carbocycles. The Kier molecular flexibility index (Phi) is 8.33. The number of rotatable bonds is 9. The van der Waals surface area contributed by atoms with Crippen LogP contribution in [0.1, 0.15) is 31.7 Å². The molecule has 0 fully saturated rings. The van der Waals surface area contributed by atoms with E-state index in [0.717, 1.165) is 19.3 Å². The number of benzene rings is 1. The highest BCUT2D eigenvalue weighted by molar-refractivity contribution is 6.39. The van der Waals surface area contributed by atoms with Crippen LogP contribution in [0.4, 0.5) is 5.69 Å². The zero-order chi connectivity index (χ0) is 16.2. The van der Waals surface area contributed by atoms with Crippen molar-refractivity contribution in [2.24, 2.45) is 0 Å². The molecular weight excluding hydrogens is 282 g/mol. The molecule has 0 aromatic heterocycles. The molecule has 22 heavy (non-hydrogen) atoms. The van der Waals surface area contributed by atoms with Gasteiger partial charge in [-0.3, -0.25) is 14.4 Å². The molecule has 0 aliphatic rings. The topological polar surface area (TPSA) is 87.3 Å². The third kappa shape index (κ3) is 6.88. The summed E-state index contributed by atoms with van der Waals surface area (Å²) in [6.07, 6.45) is 4.46. The minimum atomic E-state index is -0.690. The first kappa shape index (κ1) is 17.7. The fourth-order valence-electron chi connectivity index (χ4n) is 1.86. The van der Waals surface area contributed by atoms with Gasteiger partial charge in [-0.05, 0) is 37.0 Å². The van der Waals surface area contributed by atoms with Crippen LogP contribution < -0.4 is 16.0 Å². The maximum atomic E-state index is 11.7. The monoisotopic (exact) mass is 305 g/mol. The van der Waals surface area contributed by atoms with Crippen molar-refractivity contribution in [2.75, 3.05) is 18.4 Å². The largest absolute Gasteiger partial charge is 0.359 e. The Balaban J connectivity index is 2.33. The second-order valence-corrected chi connectivity index (χ2v) is 4.94. The maximum absolute atomic E-state index is 11.7. The van der Waals surface area contributed by atoms with Crippen LogP contribution in [0.15, 0.2) is 24.3 Å². The Hall–Kier alpha value is -2.37. The third-order valence-electron chi connectivity index (χ3n) is 3.10. The highest BCUT2D eigenvalue weighted by atomic mass is 16.2. The minimum Gasteiger partial charge on any atom is -0.359 e. The molecule has 0 aliphatic heterocycles. The van der Waals surface area contributed by atoms with Crippen molar-refractivity contribution in [1.29, 1.82) is 0 Å². The van der Waals surface area contributed by atoms with Crippen molar-refractivity contribution in [3.05, 3.63) is 29.8 Å². The van der Waals surface area contributed by atoms with Gasteiger partial charge in [-0.2, -0.15) is 0 Å². The smallest absolute Gasteiger partial charge is 0.313 e. The molecule has 3 amide bonds. The summed E-state index contributed by atoms with van der Waals surface area (Å²) in [5.74, 6) is -1.37. The van der Waals surface area contributed by atoms with E-state index in [9.17, 15) is 14.4 Å². The van der Waals surface area contributed by atoms with Crippen LogP contribution >= 0.6 is 0 Å². The van der Waals surface area contributed by atoms with Crippen molar-refractivity contribution >= 4 is 23.9 Å². The molecule has 120 valence electrons. The number of carbonyl (C=O) groups excluding carboxylic acids is 3. The number of anilines is 1. The zero-order valence-corrected chi connectivity index (χ0v) is 12.9. The quantitative estimate of drug-likeness (QED) is 0.364. The lowest BCUT2D eigenvalue weighted by Gasteiger charge is -2.07. The van der Waals surface area contributed by atoms with Gasteiger partial charge in [0.15, 0.2) is 0 Å². The third-order valence-corrected chi connectivity index (χ3v) is 3.10. The van der Waals surface area contributed by atoms with E-state index in [1.54, 1.807) is 12.1 Å². The molecule has 0 saturated heterocycles. The van der Waals surface area contributed by atoms with Gasteiger partial charge in [-0.1, -0.05) is 25.5 Å². The number of hydrogen-bond acceptors (Lipinski definition) is 3. The summed E-state index contributed by atoms with van der Waals surface area (Å²) in [6, 6.07) is 7.50. The molecule has 6 heteroatoms. The fourth-order valence-corrected chi connectivity index (χ4v) is 1.86. The maximum Gasteiger partial charge on any atom is 0.313 e. The lowest BCUT2D eigenvalue weighted by Crippen LogP contribution is -2.36. The fraction of sp³-hybridized carbons (Fsp3) is 0.438. The molecule has 0 radical (unpaired) electrons. The highest BCUT2D eigenvalue weighted by Gasteiger charge is 2.12. The molecule has 0 atom stereocenters. The Morgan fingerprint density at radius 3 is 2.41 bits per heavy atom. The lowest BCUT2D eigenvalue weighted by molar-refractivity contribution is -0.136. The highest BCUT2D eigenvalue weighted by Crippen LogP contribution is 2.11. The van der Waals surface area contributed by atoms with E-state index in [4.69, 9.17) is 0 Å².